The number of ether oxygens (including phenoxy) is 1. The van der Waals surface area contributed by atoms with Crippen LogP contribution in [0.1, 0.15) is 25.1 Å². The van der Waals surface area contributed by atoms with E-state index in [0.717, 1.165) is 29.2 Å². The van der Waals surface area contributed by atoms with Gasteiger partial charge in [0, 0.05) is 48.9 Å². The highest BCUT2D eigenvalue weighted by Gasteiger charge is 2.35. The Balaban J connectivity index is 1.57. The van der Waals surface area contributed by atoms with Gasteiger partial charge in [-0.1, -0.05) is 6.92 Å². The van der Waals surface area contributed by atoms with Crippen LogP contribution in [0.4, 0.5) is 5.82 Å². The maximum absolute atomic E-state index is 11.8. The molecule has 1 aliphatic heterocycles. The molecule has 3 aromatic rings. The first-order valence-electron chi connectivity index (χ1n) is 9.41. The van der Waals surface area contributed by atoms with E-state index in [1.54, 1.807) is 10.9 Å². The van der Waals surface area contributed by atoms with Gasteiger partial charge < -0.3 is 14.6 Å². The van der Waals surface area contributed by atoms with Gasteiger partial charge in [0.25, 0.3) is 5.56 Å². The summed E-state index contributed by atoms with van der Waals surface area (Å²) >= 11 is 0. The smallest absolute Gasteiger partial charge is 0.251 e. The molecule has 0 radical (unpaired) electrons. The molecule has 8 heteroatoms. The van der Waals surface area contributed by atoms with Crippen LogP contribution in [0.15, 0.2) is 41.6 Å². The lowest BCUT2D eigenvalue weighted by Gasteiger charge is -2.40. The Bertz CT molecular complexity index is 1030. The minimum atomic E-state index is -0.435. The average molecular weight is 380 g/mol. The van der Waals surface area contributed by atoms with Gasteiger partial charge in [-0.2, -0.15) is 5.10 Å². The first-order valence-corrected chi connectivity index (χ1v) is 9.41. The Kier molecular flexibility index (Phi) is 4.72. The molecule has 3 aromatic heterocycles. The fourth-order valence-electron chi connectivity index (χ4n) is 3.47. The standard InChI is InChI=1S/C20H24N6O2/c1-4-16-9-18(27)24-19(23-16)14-5-6-17(21-10-14)26-7-8-28-20(2,13-26)15-11-22-25(3)12-15/h5-6,9-12H,4,7-8,13H2,1-3H3,(H,23,24,27). The van der Waals surface area contributed by atoms with E-state index in [2.05, 4.69) is 31.9 Å². The summed E-state index contributed by atoms with van der Waals surface area (Å²) in [6, 6.07) is 5.43. The zero-order valence-corrected chi connectivity index (χ0v) is 16.3. The van der Waals surface area contributed by atoms with Crippen molar-refractivity contribution in [3.63, 3.8) is 0 Å². The van der Waals surface area contributed by atoms with E-state index in [9.17, 15) is 4.79 Å². The number of H-pyrrole nitrogens is 1. The minimum absolute atomic E-state index is 0.147. The van der Waals surface area contributed by atoms with Crippen molar-refractivity contribution in [1.82, 2.24) is 24.7 Å². The van der Waals surface area contributed by atoms with Gasteiger partial charge in [-0.25, -0.2) is 9.97 Å². The molecule has 1 aliphatic rings. The lowest BCUT2D eigenvalue weighted by molar-refractivity contribution is -0.0468. The van der Waals surface area contributed by atoms with Crippen LogP contribution in [0.25, 0.3) is 11.4 Å². The topological polar surface area (TPSA) is 88.9 Å². The van der Waals surface area contributed by atoms with Crippen LogP contribution in [0.5, 0.6) is 0 Å². The molecule has 0 aliphatic carbocycles. The molecule has 0 aromatic carbocycles. The van der Waals surface area contributed by atoms with E-state index < -0.39 is 5.60 Å². The monoisotopic (exact) mass is 380 g/mol. The molecule has 1 saturated heterocycles. The molecular weight excluding hydrogens is 356 g/mol. The van der Waals surface area contributed by atoms with Crippen molar-refractivity contribution >= 4 is 5.82 Å². The van der Waals surface area contributed by atoms with E-state index in [0.29, 0.717) is 25.4 Å². The molecule has 28 heavy (non-hydrogen) atoms. The van der Waals surface area contributed by atoms with Gasteiger partial charge in [-0.05, 0) is 25.5 Å². The van der Waals surface area contributed by atoms with Gasteiger partial charge in [0.2, 0.25) is 0 Å². The number of aryl methyl sites for hydroxylation is 2. The van der Waals surface area contributed by atoms with Gasteiger partial charge in [-0.15, -0.1) is 0 Å². The van der Waals surface area contributed by atoms with Crippen LogP contribution in [-0.4, -0.2) is 44.4 Å². The number of morpholine rings is 1. The summed E-state index contributed by atoms with van der Waals surface area (Å²) in [5, 5.41) is 4.27. The zero-order valence-electron chi connectivity index (χ0n) is 16.3. The van der Waals surface area contributed by atoms with Crippen molar-refractivity contribution in [2.75, 3.05) is 24.6 Å². The van der Waals surface area contributed by atoms with Gasteiger partial charge >= 0.3 is 0 Å². The quantitative estimate of drug-likeness (QED) is 0.743. The van der Waals surface area contributed by atoms with Gasteiger partial charge in [-0.3, -0.25) is 9.48 Å². The van der Waals surface area contributed by atoms with Gasteiger partial charge in [0.15, 0.2) is 0 Å². The van der Waals surface area contributed by atoms with E-state index in [1.807, 2.05) is 38.5 Å². The Hall–Kier alpha value is -3.00. The molecule has 0 amide bonds. The van der Waals surface area contributed by atoms with Crippen LogP contribution in [0, 0.1) is 0 Å². The number of nitrogens with zero attached hydrogens (tertiary/aromatic N) is 5. The number of aromatic amines is 1. The van der Waals surface area contributed by atoms with Crippen LogP contribution < -0.4 is 10.5 Å². The molecule has 4 rings (SSSR count). The van der Waals surface area contributed by atoms with Crippen molar-refractivity contribution in [2.24, 2.45) is 7.05 Å². The third-order valence-corrected chi connectivity index (χ3v) is 5.09. The molecule has 1 N–H and O–H groups in total. The van der Waals surface area contributed by atoms with Gasteiger partial charge in [0.1, 0.15) is 17.2 Å². The van der Waals surface area contributed by atoms with Crippen molar-refractivity contribution in [1.29, 1.82) is 0 Å². The average Bonchev–Trinajstić information content (AvgIpc) is 3.15. The third-order valence-electron chi connectivity index (χ3n) is 5.09. The fraction of sp³-hybridized carbons (Fsp3) is 0.400. The fourth-order valence-corrected chi connectivity index (χ4v) is 3.47. The summed E-state index contributed by atoms with van der Waals surface area (Å²) in [5.74, 6) is 1.42. The van der Waals surface area contributed by atoms with Crippen LogP contribution in [-0.2, 0) is 23.8 Å². The second-order valence-corrected chi connectivity index (χ2v) is 7.25. The van der Waals surface area contributed by atoms with Crippen molar-refractivity contribution in [2.45, 2.75) is 25.9 Å². The van der Waals surface area contributed by atoms with E-state index in [-0.39, 0.29) is 5.56 Å². The summed E-state index contributed by atoms with van der Waals surface area (Å²) in [7, 11) is 1.90. The molecule has 0 saturated carbocycles. The molecule has 1 fully saturated rings. The lowest BCUT2D eigenvalue weighted by atomic mass is 9.97. The molecule has 8 nitrogen and oxygen atoms in total. The number of pyridine rings is 1. The van der Waals surface area contributed by atoms with Crippen molar-refractivity contribution < 1.29 is 4.74 Å². The Morgan fingerprint density at radius 2 is 2.18 bits per heavy atom. The maximum Gasteiger partial charge on any atom is 0.251 e. The number of hydrogen-bond acceptors (Lipinski definition) is 6. The van der Waals surface area contributed by atoms with E-state index in [4.69, 9.17) is 4.74 Å². The summed E-state index contributed by atoms with van der Waals surface area (Å²) < 4.78 is 7.86. The van der Waals surface area contributed by atoms with Crippen LogP contribution in [0.2, 0.25) is 0 Å². The zero-order chi connectivity index (χ0) is 19.7. The SMILES string of the molecule is CCc1cc(=O)[nH]c(-c2ccc(N3CCOC(C)(c4cnn(C)c4)C3)nc2)n1. The minimum Gasteiger partial charge on any atom is -0.367 e. The Labute approximate surface area is 163 Å². The number of hydrogen-bond donors (Lipinski definition) is 1. The largest absolute Gasteiger partial charge is 0.367 e. The van der Waals surface area contributed by atoms with E-state index in [1.165, 1.54) is 6.07 Å². The molecule has 1 atom stereocenters. The molecular formula is C20H24N6O2. The second-order valence-electron chi connectivity index (χ2n) is 7.25. The molecule has 1 unspecified atom stereocenters. The number of rotatable bonds is 4. The lowest BCUT2D eigenvalue weighted by Crippen LogP contribution is -2.48. The first kappa shape index (κ1) is 18.4. The normalized spacial score (nSPS) is 19.8. The van der Waals surface area contributed by atoms with E-state index >= 15 is 0 Å². The maximum atomic E-state index is 11.8. The highest BCUT2D eigenvalue weighted by molar-refractivity contribution is 5.56. The highest BCUT2D eigenvalue weighted by Crippen LogP contribution is 2.31. The number of aromatic nitrogens is 5. The van der Waals surface area contributed by atoms with Crippen molar-refractivity contribution in [3.05, 3.63) is 58.4 Å². The Morgan fingerprint density at radius 3 is 2.86 bits per heavy atom. The predicted octanol–water partition coefficient (Wildman–Crippen LogP) is 1.88. The first-order chi connectivity index (χ1) is 13.5. The Morgan fingerprint density at radius 1 is 1.32 bits per heavy atom. The number of nitrogens with one attached hydrogen (secondary N) is 1. The summed E-state index contributed by atoms with van der Waals surface area (Å²) in [4.78, 5) is 25.9. The second kappa shape index (κ2) is 7.20. The molecule has 146 valence electrons. The molecule has 0 bridgehead atoms. The molecule has 4 heterocycles. The summed E-state index contributed by atoms with van der Waals surface area (Å²) in [5.41, 5.74) is 2.03. The third kappa shape index (κ3) is 3.55. The van der Waals surface area contributed by atoms with Crippen LogP contribution >= 0.6 is 0 Å². The molecule has 0 spiro atoms. The summed E-state index contributed by atoms with van der Waals surface area (Å²) in [6.07, 6.45) is 6.30. The number of anilines is 1. The predicted molar refractivity (Wildman–Crippen MR) is 106 cm³/mol. The van der Waals surface area contributed by atoms with Crippen molar-refractivity contribution in [3.8, 4) is 11.4 Å². The summed E-state index contributed by atoms with van der Waals surface area (Å²) in [6.45, 7) is 6.12. The van der Waals surface area contributed by atoms with Gasteiger partial charge in [0.05, 0.1) is 19.3 Å². The highest BCUT2D eigenvalue weighted by atomic mass is 16.5. The van der Waals surface area contributed by atoms with Crippen LogP contribution in [0.3, 0.4) is 0 Å².